The molecule has 0 bridgehead atoms. The number of anilines is 1. The van der Waals surface area contributed by atoms with Crippen LogP contribution in [-0.4, -0.2) is 5.78 Å². The molecular formula is C22H19NO. The second-order valence-corrected chi connectivity index (χ2v) is 5.63. The van der Waals surface area contributed by atoms with E-state index in [0.717, 1.165) is 11.3 Å². The summed E-state index contributed by atoms with van der Waals surface area (Å²) < 4.78 is 0. The fourth-order valence-electron chi connectivity index (χ4n) is 2.45. The van der Waals surface area contributed by atoms with Gasteiger partial charge < -0.3 is 5.32 Å². The molecule has 0 saturated carbocycles. The maximum atomic E-state index is 12.9. The van der Waals surface area contributed by atoms with Crippen molar-refractivity contribution in [2.75, 3.05) is 5.32 Å². The van der Waals surface area contributed by atoms with Gasteiger partial charge in [0.2, 0.25) is 0 Å². The number of hydrogen-bond acceptors (Lipinski definition) is 2. The number of ketones is 1. The molecule has 0 saturated heterocycles. The number of aryl methyl sites for hydroxylation is 1. The van der Waals surface area contributed by atoms with Crippen LogP contribution in [0, 0.1) is 6.92 Å². The normalized spacial score (nSPS) is 11.1. The van der Waals surface area contributed by atoms with E-state index in [2.05, 4.69) is 5.32 Å². The van der Waals surface area contributed by atoms with Crippen molar-refractivity contribution in [1.29, 1.82) is 0 Å². The zero-order valence-corrected chi connectivity index (χ0v) is 13.6. The number of hydrogen-bond donors (Lipinski definition) is 1. The Morgan fingerprint density at radius 2 is 1.29 bits per heavy atom. The summed E-state index contributed by atoms with van der Waals surface area (Å²) in [5, 5.41) is 3.24. The number of allylic oxidation sites excluding steroid dienone is 1. The first-order valence-corrected chi connectivity index (χ1v) is 7.92. The molecule has 0 aromatic heterocycles. The van der Waals surface area contributed by atoms with Crippen molar-refractivity contribution >= 4 is 17.0 Å². The third-order valence-corrected chi connectivity index (χ3v) is 3.80. The Labute approximate surface area is 142 Å². The summed E-state index contributed by atoms with van der Waals surface area (Å²) in [6.07, 6.45) is 1.79. The summed E-state index contributed by atoms with van der Waals surface area (Å²) in [5.41, 5.74) is 4.37. The van der Waals surface area contributed by atoms with Crippen molar-refractivity contribution in [1.82, 2.24) is 0 Å². The van der Waals surface area contributed by atoms with E-state index in [0.29, 0.717) is 11.1 Å². The molecule has 3 rings (SSSR count). The second kappa shape index (κ2) is 7.42. The number of rotatable bonds is 5. The van der Waals surface area contributed by atoms with Gasteiger partial charge in [-0.3, -0.25) is 4.79 Å². The van der Waals surface area contributed by atoms with Crippen molar-refractivity contribution in [2.24, 2.45) is 0 Å². The van der Waals surface area contributed by atoms with E-state index in [1.807, 2.05) is 91.9 Å². The van der Waals surface area contributed by atoms with E-state index in [1.54, 1.807) is 6.20 Å². The summed E-state index contributed by atoms with van der Waals surface area (Å²) in [6.45, 7) is 2.05. The van der Waals surface area contributed by atoms with Gasteiger partial charge >= 0.3 is 0 Å². The lowest BCUT2D eigenvalue weighted by Crippen LogP contribution is -2.05. The van der Waals surface area contributed by atoms with Crippen LogP contribution in [0.5, 0.6) is 0 Å². The highest BCUT2D eigenvalue weighted by Gasteiger charge is 2.13. The van der Waals surface area contributed by atoms with E-state index in [4.69, 9.17) is 0 Å². The van der Waals surface area contributed by atoms with E-state index in [9.17, 15) is 4.79 Å². The molecule has 0 spiro atoms. The molecule has 118 valence electrons. The maximum absolute atomic E-state index is 12.9. The van der Waals surface area contributed by atoms with Crippen LogP contribution in [0.3, 0.4) is 0 Å². The topological polar surface area (TPSA) is 29.1 Å². The number of nitrogens with one attached hydrogen (secondary N) is 1. The third kappa shape index (κ3) is 3.79. The summed E-state index contributed by atoms with van der Waals surface area (Å²) in [6, 6.07) is 27.1. The van der Waals surface area contributed by atoms with E-state index >= 15 is 0 Å². The van der Waals surface area contributed by atoms with Gasteiger partial charge in [-0.25, -0.2) is 0 Å². The van der Waals surface area contributed by atoms with Gasteiger partial charge in [-0.2, -0.15) is 0 Å². The van der Waals surface area contributed by atoms with Crippen molar-refractivity contribution in [2.45, 2.75) is 6.92 Å². The second-order valence-electron chi connectivity index (χ2n) is 5.63. The molecule has 0 unspecified atom stereocenters. The van der Waals surface area contributed by atoms with Crippen molar-refractivity contribution < 1.29 is 4.79 Å². The Bertz CT molecular complexity index is 834. The number of carbonyl (C=O) groups excluding carboxylic acids is 1. The molecule has 3 aromatic rings. The highest BCUT2D eigenvalue weighted by molar-refractivity contribution is 6.29. The quantitative estimate of drug-likeness (QED) is 0.509. The minimum Gasteiger partial charge on any atom is -0.361 e. The van der Waals surface area contributed by atoms with Crippen LogP contribution >= 0.6 is 0 Å². The lowest BCUT2D eigenvalue weighted by atomic mass is 9.97. The SMILES string of the molecule is Cc1ccc(N/C=C(\C(=O)c2ccccc2)c2ccccc2)cc1. The first-order valence-electron chi connectivity index (χ1n) is 7.92. The van der Waals surface area contributed by atoms with Crippen molar-refractivity contribution in [3.05, 3.63) is 108 Å². The number of Topliss-reactive ketones (excluding diaryl/α,β-unsaturated/α-hetero) is 1. The van der Waals surface area contributed by atoms with Crippen LogP contribution in [0.15, 0.2) is 91.1 Å². The van der Waals surface area contributed by atoms with Crippen LogP contribution in [-0.2, 0) is 0 Å². The van der Waals surface area contributed by atoms with Crippen LogP contribution in [0.2, 0.25) is 0 Å². The molecule has 0 heterocycles. The fourth-order valence-corrected chi connectivity index (χ4v) is 2.45. The molecule has 2 nitrogen and oxygen atoms in total. The largest absolute Gasteiger partial charge is 0.361 e. The molecule has 3 aromatic carbocycles. The summed E-state index contributed by atoms with van der Waals surface area (Å²) in [4.78, 5) is 12.9. The fraction of sp³-hybridized carbons (Fsp3) is 0.0455. The zero-order valence-electron chi connectivity index (χ0n) is 13.6. The van der Waals surface area contributed by atoms with Crippen molar-refractivity contribution in [3.8, 4) is 0 Å². The number of benzene rings is 3. The van der Waals surface area contributed by atoms with Gasteiger partial charge in [0.1, 0.15) is 0 Å². The smallest absolute Gasteiger partial charge is 0.195 e. The molecule has 0 aliphatic heterocycles. The van der Waals surface area contributed by atoms with E-state index < -0.39 is 0 Å². The molecule has 0 radical (unpaired) electrons. The Morgan fingerprint density at radius 3 is 1.88 bits per heavy atom. The van der Waals surface area contributed by atoms with Gasteiger partial charge in [-0.15, -0.1) is 0 Å². The first kappa shape index (κ1) is 15.8. The Morgan fingerprint density at radius 1 is 0.750 bits per heavy atom. The predicted octanol–water partition coefficient (Wildman–Crippen LogP) is 5.33. The molecule has 2 heteroatoms. The molecule has 0 amide bonds. The van der Waals surface area contributed by atoms with Crippen LogP contribution in [0.1, 0.15) is 21.5 Å². The monoisotopic (exact) mass is 313 g/mol. The Balaban J connectivity index is 1.94. The summed E-state index contributed by atoms with van der Waals surface area (Å²) >= 11 is 0. The van der Waals surface area contributed by atoms with Gasteiger partial charge in [-0.1, -0.05) is 78.4 Å². The van der Waals surface area contributed by atoms with E-state index in [1.165, 1.54) is 5.56 Å². The van der Waals surface area contributed by atoms with Gasteiger partial charge in [0, 0.05) is 23.0 Å². The predicted molar refractivity (Wildman–Crippen MR) is 100.0 cm³/mol. The summed E-state index contributed by atoms with van der Waals surface area (Å²) in [5.74, 6) is 0.00131. The maximum Gasteiger partial charge on any atom is 0.195 e. The lowest BCUT2D eigenvalue weighted by molar-refractivity contribution is 0.105. The first-order chi connectivity index (χ1) is 11.7. The average Bonchev–Trinajstić information content (AvgIpc) is 2.65. The van der Waals surface area contributed by atoms with Crippen LogP contribution in [0.25, 0.3) is 5.57 Å². The molecule has 0 aliphatic rings. The lowest BCUT2D eigenvalue weighted by Gasteiger charge is -2.09. The van der Waals surface area contributed by atoms with Gasteiger partial charge in [0.15, 0.2) is 5.78 Å². The van der Waals surface area contributed by atoms with E-state index in [-0.39, 0.29) is 5.78 Å². The van der Waals surface area contributed by atoms with Gasteiger partial charge in [-0.05, 0) is 24.6 Å². The van der Waals surface area contributed by atoms with Gasteiger partial charge in [0.25, 0.3) is 0 Å². The zero-order chi connectivity index (χ0) is 16.8. The Hall–Kier alpha value is -3.13. The molecule has 0 aliphatic carbocycles. The third-order valence-electron chi connectivity index (χ3n) is 3.80. The minimum atomic E-state index is 0.00131. The highest BCUT2D eigenvalue weighted by Crippen LogP contribution is 2.20. The molecule has 24 heavy (non-hydrogen) atoms. The van der Waals surface area contributed by atoms with Crippen LogP contribution in [0.4, 0.5) is 5.69 Å². The highest BCUT2D eigenvalue weighted by atomic mass is 16.1. The van der Waals surface area contributed by atoms with Crippen LogP contribution < -0.4 is 5.32 Å². The van der Waals surface area contributed by atoms with Crippen molar-refractivity contribution in [3.63, 3.8) is 0 Å². The molecule has 1 N–H and O–H groups in total. The Kier molecular flexibility index (Phi) is 4.87. The average molecular weight is 313 g/mol. The minimum absolute atomic E-state index is 0.00131. The van der Waals surface area contributed by atoms with Gasteiger partial charge in [0.05, 0.1) is 0 Å². The molecular weight excluding hydrogens is 294 g/mol. The summed E-state index contributed by atoms with van der Waals surface area (Å²) in [7, 11) is 0. The number of carbonyl (C=O) groups is 1. The standard InChI is InChI=1S/C22H19NO/c1-17-12-14-20(15-13-17)23-16-21(18-8-4-2-5-9-18)22(24)19-10-6-3-7-11-19/h2-16,23H,1H3/b21-16-. The molecule has 0 atom stereocenters. The molecule has 0 fully saturated rings.